The first-order valence-electron chi connectivity index (χ1n) is 11.0. The lowest BCUT2D eigenvalue weighted by molar-refractivity contribution is -0.121. The van der Waals surface area contributed by atoms with E-state index in [1.54, 1.807) is 29.2 Å². The molecule has 7 heteroatoms. The van der Waals surface area contributed by atoms with Crippen LogP contribution in [-0.4, -0.2) is 25.0 Å². The number of unbranched alkanes of at least 4 members (excludes halogenated alkanes) is 1. The number of rotatable bonds is 10. The van der Waals surface area contributed by atoms with E-state index in [1.807, 2.05) is 61.5 Å². The lowest BCUT2D eigenvalue weighted by Gasteiger charge is -2.24. The third kappa shape index (κ3) is 7.84. The number of urea groups is 1. The molecule has 33 heavy (non-hydrogen) atoms. The molecular weight excluding hydrogens is 438 g/mol. The van der Waals surface area contributed by atoms with Gasteiger partial charge in [-0.2, -0.15) is 0 Å². The smallest absolute Gasteiger partial charge is 0.326 e. The van der Waals surface area contributed by atoms with Crippen molar-refractivity contribution >= 4 is 34.9 Å². The Bertz CT molecular complexity index is 1040. The minimum atomic E-state index is -0.322. The third-order valence-corrected chi connectivity index (χ3v) is 5.10. The zero-order valence-electron chi connectivity index (χ0n) is 18.6. The molecule has 0 unspecified atom stereocenters. The van der Waals surface area contributed by atoms with Gasteiger partial charge in [0.2, 0.25) is 5.91 Å². The molecule has 172 valence electrons. The summed E-state index contributed by atoms with van der Waals surface area (Å²) < 4.78 is 5.84. The van der Waals surface area contributed by atoms with Crippen molar-refractivity contribution in [2.24, 2.45) is 0 Å². The number of benzene rings is 3. The number of amides is 3. The number of carbonyl (C=O) groups excluding carboxylic acids is 2. The number of ether oxygens (including phenoxy) is 1. The summed E-state index contributed by atoms with van der Waals surface area (Å²) in [6, 6.07) is 23.4. The minimum Gasteiger partial charge on any atom is -0.457 e. The van der Waals surface area contributed by atoms with Gasteiger partial charge in [-0.1, -0.05) is 49.2 Å². The van der Waals surface area contributed by atoms with Gasteiger partial charge in [-0.05, 0) is 61.0 Å². The van der Waals surface area contributed by atoms with Gasteiger partial charge in [0.25, 0.3) is 0 Å². The van der Waals surface area contributed by atoms with E-state index in [1.165, 1.54) is 0 Å². The first kappa shape index (κ1) is 24.1. The summed E-state index contributed by atoms with van der Waals surface area (Å²) in [4.78, 5) is 26.6. The third-order valence-electron chi connectivity index (χ3n) is 4.86. The summed E-state index contributed by atoms with van der Waals surface area (Å²) in [7, 11) is 0. The maximum Gasteiger partial charge on any atom is 0.326 e. The van der Waals surface area contributed by atoms with E-state index in [2.05, 4.69) is 10.6 Å². The predicted octanol–water partition coefficient (Wildman–Crippen LogP) is 6.48. The second kappa shape index (κ2) is 12.5. The van der Waals surface area contributed by atoms with E-state index in [4.69, 9.17) is 16.3 Å². The van der Waals surface area contributed by atoms with E-state index >= 15 is 0 Å². The fourth-order valence-electron chi connectivity index (χ4n) is 3.16. The van der Waals surface area contributed by atoms with Gasteiger partial charge in [-0.3, -0.25) is 9.69 Å². The number of anilines is 2. The van der Waals surface area contributed by atoms with Gasteiger partial charge in [0.1, 0.15) is 11.5 Å². The van der Waals surface area contributed by atoms with Crippen LogP contribution in [0.3, 0.4) is 0 Å². The average molecular weight is 466 g/mol. The molecular formula is C26H28ClN3O3. The number of carbonyl (C=O) groups is 2. The summed E-state index contributed by atoms with van der Waals surface area (Å²) >= 11 is 6.04. The molecule has 0 saturated carbocycles. The molecule has 0 fully saturated rings. The molecule has 0 aliphatic rings. The van der Waals surface area contributed by atoms with Crippen molar-refractivity contribution in [1.82, 2.24) is 5.32 Å². The van der Waals surface area contributed by atoms with E-state index in [0.29, 0.717) is 41.7 Å². The predicted molar refractivity (Wildman–Crippen MR) is 133 cm³/mol. The molecule has 0 radical (unpaired) electrons. The van der Waals surface area contributed by atoms with Gasteiger partial charge >= 0.3 is 6.03 Å². The topological polar surface area (TPSA) is 70.7 Å². The Morgan fingerprint density at radius 3 is 2.36 bits per heavy atom. The van der Waals surface area contributed by atoms with Crippen molar-refractivity contribution in [2.45, 2.75) is 26.2 Å². The van der Waals surface area contributed by atoms with Crippen LogP contribution >= 0.6 is 11.6 Å². The van der Waals surface area contributed by atoms with Gasteiger partial charge in [0.15, 0.2) is 0 Å². The maximum absolute atomic E-state index is 13.1. The van der Waals surface area contributed by atoms with E-state index < -0.39 is 0 Å². The molecule has 0 atom stereocenters. The molecule has 2 N–H and O–H groups in total. The highest BCUT2D eigenvalue weighted by molar-refractivity contribution is 6.30. The van der Waals surface area contributed by atoms with Crippen LogP contribution in [0.5, 0.6) is 11.5 Å². The number of hydrogen-bond donors (Lipinski definition) is 2. The molecule has 3 rings (SSSR count). The number of nitrogens with one attached hydrogen (secondary N) is 2. The van der Waals surface area contributed by atoms with Crippen LogP contribution < -0.4 is 20.3 Å². The van der Waals surface area contributed by atoms with Crippen LogP contribution in [0.2, 0.25) is 5.02 Å². The van der Waals surface area contributed by atoms with Crippen molar-refractivity contribution in [3.05, 3.63) is 83.9 Å². The second-order valence-corrected chi connectivity index (χ2v) is 7.89. The first-order chi connectivity index (χ1) is 16.0. The van der Waals surface area contributed by atoms with Crippen molar-refractivity contribution < 1.29 is 14.3 Å². The summed E-state index contributed by atoms with van der Waals surface area (Å²) in [5.74, 6) is 1.38. The number of para-hydroxylation sites is 1. The van der Waals surface area contributed by atoms with E-state index in [0.717, 1.165) is 18.6 Å². The van der Waals surface area contributed by atoms with Crippen LogP contribution in [0.25, 0.3) is 0 Å². The lowest BCUT2D eigenvalue weighted by atomic mass is 10.2. The van der Waals surface area contributed by atoms with Crippen molar-refractivity contribution in [1.29, 1.82) is 0 Å². The molecule has 0 heterocycles. The van der Waals surface area contributed by atoms with Gasteiger partial charge < -0.3 is 15.4 Å². The van der Waals surface area contributed by atoms with E-state index in [9.17, 15) is 9.59 Å². The highest BCUT2D eigenvalue weighted by Gasteiger charge is 2.17. The normalized spacial score (nSPS) is 10.4. The van der Waals surface area contributed by atoms with Gasteiger partial charge in [-0.25, -0.2) is 4.79 Å². The van der Waals surface area contributed by atoms with Crippen LogP contribution in [0, 0.1) is 0 Å². The first-order valence-corrected chi connectivity index (χ1v) is 11.4. The Kier molecular flexibility index (Phi) is 9.15. The summed E-state index contributed by atoms with van der Waals surface area (Å²) in [5, 5.41) is 6.28. The average Bonchev–Trinajstić information content (AvgIpc) is 2.82. The molecule has 0 aromatic heterocycles. The highest BCUT2D eigenvalue weighted by atomic mass is 35.5. The molecule has 3 aromatic carbocycles. The van der Waals surface area contributed by atoms with Crippen LogP contribution in [0.15, 0.2) is 78.9 Å². The molecule has 0 saturated heterocycles. The Hall–Kier alpha value is -3.51. The monoisotopic (exact) mass is 465 g/mol. The molecule has 0 aliphatic carbocycles. The van der Waals surface area contributed by atoms with Crippen molar-refractivity contribution in [3.8, 4) is 11.5 Å². The quantitative estimate of drug-likeness (QED) is 0.360. The van der Waals surface area contributed by atoms with Crippen LogP contribution in [-0.2, 0) is 4.79 Å². The SMILES string of the molecule is CCCCC(=O)NCCN(C(=O)Nc1cccc(Cl)c1)c1ccc(Oc2ccccc2)cc1. The van der Waals surface area contributed by atoms with Gasteiger partial charge in [0.05, 0.1) is 0 Å². The largest absolute Gasteiger partial charge is 0.457 e. The molecule has 3 aromatic rings. The summed E-state index contributed by atoms with van der Waals surface area (Å²) in [5.41, 5.74) is 1.27. The summed E-state index contributed by atoms with van der Waals surface area (Å²) in [6.07, 6.45) is 2.28. The Labute approximate surface area is 199 Å². The number of nitrogens with zero attached hydrogens (tertiary/aromatic N) is 1. The lowest BCUT2D eigenvalue weighted by Crippen LogP contribution is -2.41. The Morgan fingerprint density at radius 2 is 1.67 bits per heavy atom. The summed E-state index contributed by atoms with van der Waals surface area (Å²) in [6.45, 7) is 2.69. The molecule has 0 bridgehead atoms. The van der Waals surface area contributed by atoms with E-state index in [-0.39, 0.29) is 11.9 Å². The zero-order valence-corrected chi connectivity index (χ0v) is 19.3. The highest BCUT2D eigenvalue weighted by Crippen LogP contribution is 2.25. The zero-order chi connectivity index (χ0) is 23.5. The van der Waals surface area contributed by atoms with Crippen molar-refractivity contribution in [3.63, 3.8) is 0 Å². The Balaban J connectivity index is 1.70. The van der Waals surface area contributed by atoms with Gasteiger partial charge in [-0.15, -0.1) is 0 Å². The second-order valence-electron chi connectivity index (χ2n) is 7.45. The fourth-order valence-corrected chi connectivity index (χ4v) is 3.35. The molecule has 0 spiro atoms. The minimum absolute atomic E-state index is 0.0151. The van der Waals surface area contributed by atoms with Crippen molar-refractivity contribution in [2.75, 3.05) is 23.3 Å². The van der Waals surface area contributed by atoms with Gasteiger partial charge in [0, 0.05) is 35.9 Å². The Morgan fingerprint density at radius 1 is 0.939 bits per heavy atom. The fraction of sp³-hybridized carbons (Fsp3) is 0.231. The van der Waals surface area contributed by atoms with Crippen LogP contribution in [0.1, 0.15) is 26.2 Å². The standard InChI is InChI=1S/C26H28ClN3O3/c1-2-3-12-25(31)28-17-18-30(26(32)29-21-9-7-8-20(27)19-21)22-13-15-24(16-14-22)33-23-10-5-4-6-11-23/h4-11,13-16,19H,2-3,12,17-18H2,1H3,(H,28,31)(H,29,32). The van der Waals surface area contributed by atoms with Crippen LogP contribution in [0.4, 0.5) is 16.2 Å². The molecule has 3 amide bonds. The number of halogens is 1. The maximum atomic E-state index is 13.1. The number of hydrogen-bond acceptors (Lipinski definition) is 3. The molecule has 0 aliphatic heterocycles. The molecule has 6 nitrogen and oxygen atoms in total.